The van der Waals surface area contributed by atoms with E-state index in [1.54, 1.807) is 48.5 Å². The molecule has 4 aromatic carbocycles. The van der Waals surface area contributed by atoms with Crippen molar-refractivity contribution in [3.63, 3.8) is 0 Å². The third-order valence-electron chi connectivity index (χ3n) is 6.09. The van der Waals surface area contributed by atoms with Gasteiger partial charge in [0, 0.05) is 35.9 Å². The molecule has 0 atom stereocenters. The molecule has 0 bridgehead atoms. The van der Waals surface area contributed by atoms with Crippen molar-refractivity contribution in [3.05, 3.63) is 118 Å². The Bertz CT molecular complexity index is 1950. The smallest absolute Gasteiger partial charge is 0.336 e. The van der Waals surface area contributed by atoms with E-state index in [0.717, 1.165) is 18.2 Å². The molecule has 214 valence electrons. The molecule has 5 rings (SSSR count). The summed E-state index contributed by atoms with van der Waals surface area (Å²) in [6.07, 6.45) is 4.96. The van der Waals surface area contributed by atoms with Gasteiger partial charge in [0.1, 0.15) is 39.7 Å². The van der Waals surface area contributed by atoms with Gasteiger partial charge in [0.05, 0.1) is 0 Å². The van der Waals surface area contributed by atoms with Gasteiger partial charge in [-0.1, -0.05) is 18.2 Å². The van der Waals surface area contributed by atoms with Crippen LogP contribution >= 0.6 is 0 Å². The van der Waals surface area contributed by atoms with Crippen LogP contribution in [0.1, 0.15) is 11.1 Å². The molecule has 0 spiro atoms. The van der Waals surface area contributed by atoms with Crippen LogP contribution in [-0.4, -0.2) is 32.4 Å². The summed E-state index contributed by atoms with van der Waals surface area (Å²) in [4.78, 5) is 35.8. The monoisotopic (exact) mass is 578 g/mol. The van der Waals surface area contributed by atoms with Crippen molar-refractivity contribution in [1.29, 1.82) is 0 Å². The predicted molar refractivity (Wildman–Crippen MR) is 157 cm³/mol. The highest BCUT2D eigenvalue weighted by Gasteiger charge is 2.14. The summed E-state index contributed by atoms with van der Waals surface area (Å²) in [7, 11) is 0. The highest BCUT2D eigenvalue weighted by atomic mass is 16.5. The van der Waals surface area contributed by atoms with Gasteiger partial charge in [0.2, 0.25) is 0 Å². The molecule has 0 aliphatic carbocycles. The average Bonchev–Trinajstić information content (AvgIpc) is 2.97. The number of hydrogen-bond donors (Lipinski definition) is 4. The fraction of sp³-hybridized carbons (Fsp3) is 0. The first kappa shape index (κ1) is 28.2. The van der Waals surface area contributed by atoms with Crippen LogP contribution < -0.4 is 14.9 Å². The van der Waals surface area contributed by atoms with Gasteiger partial charge in [-0.05, 0) is 71.8 Å². The second-order valence-electron chi connectivity index (χ2n) is 9.16. The zero-order valence-corrected chi connectivity index (χ0v) is 22.1. The van der Waals surface area contributed by atoms with Crippen LogP contribution in [0.25, 0.3) is 34.4 Å². The number of carbonyl (C=O) groups excluding carboxylic acids is 1. The number of rotatable bonds is 8. The number of phenols is 3. The van der Waals surface area contributed by atoms with Gasteiger partial charge in [-0.3, -0.25) is 4.79 Å². The van der Waals surface area contributed by atoms with Gasteiger partial charge in [0.25, 0.3) is 0 Å². The lowest BCUT2D eigenvalue weighted by molar-refractivity contribution is -0.131. The first-order valence-corrected chi connectivity index (χ1v) is 12.7. The summed E-state index contributed by atoms with van der Waals surface area (Å²) in [5, 5.41) is 38.1. The fourth-order valence-corrected chi connectivity index (χ4v) is 4.04. The molecular formula is C33H22O10. The number of carbonyl (C=O) groups is 2. The van der Waals surface area contributed by atoms with Crippen LogP contribution in [0, 0.1) is 0 Å². The number of hydrogen-bond acceptors (Lipinski definition) is 9. The van der Waals surface area contributed by atoms with E-state index in [9.17, 15) is 29.7 Å². The molecule has 5 aromatic rings. The van der Waals surface area contributed by atoms with E-state index in [2.05, 4.69) is 0 Å². The van der Waals surface area contributed by atoms with Crippen LogP contribution in [0.3, 0.4) is 0 Å². The Hall–Kier alpha value is -6.29. The molecule has 1 heterocycles. The Morgan fingerprint density at radius 2 is 1.33 bits per heavy atom. The molecule has 43 heavy (non-hydrogen) atoms. The SMILES string of the molecule is O=C(O)/C=C/c1ccc(Oc2ccc(-c3cc(=O)c4c(O)cc(OC(=O)/C=C/c5ccc(O)c(O)c5)cc4o3)cc2)cc1. The van der Waals surface area contributed by atoms with Crippen molar-refractivity contribution >= 4 is 35.1 Å². The maximum Gasteiger partial charge on any atom is 0.336 e. The van der Waals surface area contributed by atoms with Crippen molar-refractivity contribution in [2.24, 2.45) is 0 Å². The van der Waals surface area contributed by atoms with Crippen molar-refractivity contribution in [3.8, 4) is 45.8 Å². The summed E-state index contributed by atoms with van der Waals surface area (Å²) in [6.45, 7) is 0. The molecule has 0 saturated carbocycles. The topological polar surface area (TPSA) is 164 Å². The first-order valence-electron chi connectivity index (χ1n) is 12.7. The van der Waals surface area contributed by atoms with Crippen LogP contribution in [0.2, 0.25) is 0 Å². The Labute approximate surface area is 243 Å². The van der Waals surface area contributed by atoms with Gasteiger partial charge in [0.15, 0.2) is 16.9 Å². The molecule has 1 aromatic heterocycles. The zero-order chi connectivity index (χ0) is 30.5. The predicted octanol–water partition coefficient (Wildman–Crippen LogP) is 6.09. The third kappa shape index (κ3) is 6.90. The van der Waals surface area contributed by atoms with Crippen molar-refractivity contribution in [1.82, 2.24) is 0 Å². The number of aromatic hydroxyl groups is 3. The quantitative estimate of drug-likeness (QED) is 0.0733. The zero-order valence-electron chi connectivity index (χ0n) is 22.1. The van der Waals surface area contributed by atoms with Gasteiger partial charge >= 0.3 is 11.9 Å². The minimum absolute atomic E-state index is 0.00454. The molecule has 0 amide bonds. The maximum absolute atomic E-state index is 12.8. The normalized spacial score (nSPS) is 11.3. The average molecular weight is 579 g/mol. The second-order valence-corrected chi connectivity index (χ2v) is 9.16. The molecule has 0 unspecified atom stereocenters. The van der Waals surface area contributed by atoms with Crippen molar-refractivity contribution < 1.29 is 43.9 Å². The largest absolute Gasteiger partial charge is 0.507 e. The van der Waals surface area contributed by atoms with Gasteiger partial charge in [-0.25, -0.2) is 9.59 Å². The summed E-state index contributed by atoms with van der Waals surface area (Å²) >= 11 is 0. The number of esters is 1. The summed E-state index contributed by atoms with van der Waals surface area (Å²) in [6, 6.07) is 21.2. The number of fused-ring (bicyclic) bond motifs is 1. The molecule has 0 fully saturated rings. The lowest BCUT2D eigenvalue weighted by Crippen LogP contribution is -2.05. The summed E-state index contributed by atoms with van der Waals surface area (Å²) in [5.41, 5.74) is 1.17. The third-order valence-corrected chi connectivity index (χ3v) is 6.09. The first-order chi connectivity index (χ1) is 20.6. The van der Waals surface area contributed by atoms with Crippen LogP contribution in [0.15, 0.2) is 106 Å². The van der Waals surface area contributed by atoms with Gasteiger partial charge < -0.3 is 34.3 Å². The van der Waals surface area contributed by atoms with E-state index in [1.807, 2.05) is 0 Å². The Morgan fingerprint density at radius 1 is 0.674 bits per heavy atom. The van der Waals surface area contributed by atoms with Crippen LogP contribution in [0.5, 0.6) is 34.5 Å². The highest BCUT2D eigenvalue weighted by molar-refractivity contribution is 5.91. The standard InChI is InChI=1S/C33H22O10/c34-25-12-3-20(15-26(25)35)5-14-32(40)42-24-16-27(36)33-28(37)18-29(43-30(33)17-24)21-6-10-23(11-7-21)41-22-8-1-19(2-9-22)4-13-31(38)39/h1-18,34-36H,(H,38,39)/b13-4+,14-5+. The van der Waals surface area contributed by atoms with E-state index in [-0.39, 0.29) is 34.0 Å². The van der Waals surface area contributed by atoms with Gasteiger partial charge in [-0.15, -0.1) is 0 Å². The minimum Gasteiger partial charge on any atom is -0.507 e. The Balaban J connectivity index is 1.33. The van der Waals surface area contributed by atoms with Crippen molar-refractivity contribution in [2.75, 3.05) is 0 Å². The lowest BCUT2D eigenvalue weighted by atomic mass is 10.1. The number of phenolic OH excluding ortho intramolecular Hbond substituents is 3. The molecule has 0 saturated heterocycles. The van der Waals surface area contributed by atoms with Crippen LogP contribution in [0.4, 0.5) is 0 Å². The van der Waals surface area contributed by atoms with Crippen molar-refractivity contribution in [2.45, 2.75) is 0 Å². The van der Waals surface area contributed by atoms with E-state index in [1.165, 1.54) is 42.5 Å². The molecule has 0 aliphatic rings. The minimum atomic E-state index is -1.04. The summed E-state index contributed by atoms with van der Waals surface area (Å²) < 4.78 is 17.0. The number of ether oxygens (including phenoxy) is 2. The molecule has 0 radical (unpaired) electrons. The molecular weight excluding hydrogens is 556 g/mol. The maximum atomic E-state index is 12.8. The second kappa shape index (κ2) is 12.1. The highest BCUT2D eigenvalue weighted by Crippen LogP contribution is 2.32. The molecule has 4 N–H and O–H groups in total. The molecule has 10 heteroatoms. The number of benzene rings is 4. The Morgan fingerprint density at radius 3 is 2.00 bits per heavy atom. The van der Waals surface area contributed by atoms with E-state index < -0.39 is 23.1 Å². The van der Waals surface area contributed by atoms with Gasteiger partial charge in [-0.2, -0.15) is 0 Å². The molecule has 10 nitrogen and oxygen atoms in total. The number of carboxylic acid groups (broad SMARTS) is 1. The van der Waals surface area contributed by atoms with Crippen LogP contribution in [-0.2, 0) is 9.59 Å². The summed E-state index contributed by atoms with van der Waals surface area (Å²) in [5.74, 6) is -1.74. The van der Waals surface area contributed by atoms with E-state index >= 15 is 0 Å². The number of carboxylic acids is 1. The fourth-order valence-electron chi connectivity index (χ4n) is 4.04. The lowest BCUT2D eigenvalue weighted by Gasteiger charge is -2.09. The molecule has 0 aliphatic heterocycles. The van der Waals surface area contributed by atoms with E-state index in [4.69, 9.17) is 19.0 Å². The van der Waals surface area contributed by atoms with E-state index in [0.29, 0.717) is 28.2 Å². The Kier molecular flexibility index (Phi) is 7.93. The number of aliphatic carboxylic acids is 1.